The van der Waals surface area contributed by atoms with E-state index in [-0.39, 0.29) is 11.6 Å². The van der Waals surface area contributed by atoms with E-state index >= 15 is 0 Å². The Balaban J connectivity index is 2.87. The molecule has 1 rings (SSSR count). The summed E-state index contributed by atoms with van der Waals surface area (Å²) < 4.78 is 25.1. The molecule has 72 valence electrons. The molecular weight excluding hydrogens is 190 g/mol. The summed E-state index contributed by atoms with van der Waals surface area (Å²) in [5.41, 5.74) is 0. The molecule has 1 aromatic rings. The molecule has 0 atom stereocenters. The Kier molecular flexibility index (Phi) is 2.84. The molecule has 1 heterocycles. The van der Waals surface area contributed by atoms with Crippen LogP contribution in [0.2, 0.25) is 0 Å². The van der Waals surface area contributed by atoms with Crippen molar-refractivity contribution < 1.29 is 8.42 Å². The van der Waals surface area contributed by atoms with Gasteiger partial charge in [0.1, 0.15) is 5.82 Å². The number of H-pyrrole nitrogens is 1. The third kappa shape index (κ3) is 2.40. The lowest BCUT2D eigenvalue weighted by atomic mass is 10.7. The molecular formula is C7H11N3O2S. The zero-order chi connectivity index (χ0) is 9.90. The molecule has 0 aliphatic heterocycles. The van der Waals surface area contributed by atoms with Gasteiger partial charge < -0.3 is 4.98 Å². The maximum absolute atomic E-state index is 11.4. The lowest BCUT2D eigenvalue weighted by Gasteiger charge is -1.99. The Labute approximate surface area is 76.9 Å². The van der Waals surface area contributed by atoms with Gasteiger partial charge >= 0.3 is 0 Å². The molecule has 0 spiro atoms. The number of aromatic nitrogens is 2. The van der Waals surface area contributed by atoms with Crippen molar-refractivity contribution in [1.82, 2.24) is 14.7 Å². The lowest BCUT2D eigenvalue weighted by molar-refractivity contribution is 0.582. The number of rotatable bonds is 4. The molecule has 0 amide bonds. The lowest BCUT2D eigenvalue weighted by Crippen LogP contribution is -2.23. The highest BCUT2D eigenvalue weighted by Gasteiger charge is 2.14. The average Bonchev–Trinajstić information content (AvgIpc) is 2.49. The van der Waals surface area contributed by atoms with E-state index in [9.17, 15) is 8.42 Å². The molecule has 0 aromatic carbocycles. The van der Waals surface area contributed by atoms with Crippen molar-refractivity contribution in [1.29, 1.82) is 0 Å². The van der Waals surface area contributed by atoms with Crippen molar-refractivity contribution in [2.75, 3.05) is 6.54 Å². The fourth-order valence-electron chi connectivity index (χ4n) is 0.781. The summed E-state index contributed by atoms with van der Waals surface area (Å²) in [5, 5.41) is 0.0758. The summed E-state index contributed by atoms with van der Waals surface area (Å²) in [4.78, 5) is 6.42. The van der Waals surface area contributed by atoms with Crippen LogP contribution in [-0.4, -0.2) is 24.9 Å². The highest BCUT2D eigenvalue weighted by Crippen LogP contribution is 2.03. The Bertz CT molecular complexity index is 394. The summed E-state index contributed by atoms with van der Waals surface area (Å²) >= 11 is 0. The predicted molar refractivity (Wildman–Crippen MR) is 48.7 cm³/mol. The monoisotopic (exact) mass is 201 g/mol. The molecule has 6 heteroatoms. The van der Waals surface area contributed by atoms with E-state index in [2.05, 4.69) is 21.3 Å². The molecule has 0 bridgehead atoms. The third-order valence-electron chi connectivity index (χ3n) is 1.39. The smallest absolute Gasteiger partial charge is 0.257 e. The summed E-state index contributed by atoms with van der Waals surface area (Å²) in [6.45, 7) is 5.31. The molecule has 1 aromatic heterocycles. The molecule has 0 aliphatic carbocycles. The molecule has 0 fully saturated rings. The SMILES string of the molecule is C=CCNS(=O)(=O)c1cnc(C)[nH]1. The van der Waals surface area contributed by atoms with Gasteiger partial charge in [0.15, 0.2) is 5.03 Å². The Morgan fingerprint density at radius 1 is 1.77 bits per heavy atom. The average molecular weight is 201 g/mol. The Hall–Kier alpha value is -1.14. The van der Waals surface area contributed by atoms with Gasteiger partial charge in [0.05, 0.1) is 6.20 Å². The van der Waals surface area contributed by atoms with Gasteiger partial charge in [-0.2, -0.15) is 0 Å². The quantitative estimate of drug-likeness (QED) is 0.682. The number of hydrogen-bond acceptors (Lipinski definition) is 3. The largest absolute Gasteiger partial charge is 0.332 e. The molecule has 2 N–H and O–H groups in total. The molecule has 0 unspecified atom stereocenters. The number of nitrogens with zero attached hydrogens (tertiary/aromatic N) is 1. The van der Waals surface area contributed by atoms with Crippen molar-refractivity contribution in [2.24, 2.45) is 0 Å². The van der Waals surface area contributed by atoms with Crippen molar-refractivity contribution in [2.45, 2.75) is 11.9 Å². The van der Waals surface area contributed by atoms with E-state index in [1.807, 2.05) is 0 Å². The fraction of sp³-hybridized carbons (Fsp3) is 0.286. The van der Waals surface area contributed by atoms with Gasteiger partial charge in [-0.15, -0.1) is 6.58 Å². The molecule has 13 heavy (non-hydrogen) atoms. The van der Waals surface area contributed by atoms with Crippen molar-refractivity contribution in [3.05, 3.63) is 24.7 Å². The van der Waals surface area contributed by atoms with Crippen LogP contribution in [0.1, 0.15) is 5.82 Å². The number of nitrogens with one attached hydrogen (secondary N) is 2. The van der Waals surface area contributed by atoms with E-state index in [1.165, 1.54) is 12.3 Å². The number of imidazole rings is 1. The topological polar surface area (TPSA) is 74.8 Å². The highest BCUT2D eigenvalue weighted by molar-refractivity contribution is 7.89. The number of aromatic amines is 1. The minimum atomic E-state index is -3.44. The van der Waals surface area contributed by atoms with E-state index in [0.29, 0.717) is 5.82 Å². The second kappa shape index (κ2) is 3.71. The van der Waals surface area contributed by atoms with Crippen LogP contribution in [0.3, 0.4) is 0 Å². The Morgan fingerprint density at radius 3 is 2.92 bits per heavy atom. The molecule has 0 saturated heterocycles. The minimum absolute atomic E-state index is 0.0758. The highest BCUT2D eigenvalue weighted by atomic mass is 32.2. The van der Waals surface area contributed by atoms with Gasteiger partial charge in [0, 0.05) is 6.54 Å². The predicted octanol–water partition coefficient (Wildman–Crippen LogP) is 0.182. The van der Waals surface area contributed by atoms with Gasteiger partial charge in [0.2, 0.25) is 0 Å². The number of aryl methyl sites for hydroxylation is 1. The van der Waals surface area contributed by atoms with Crippen LogP contribution in [-0.2, 0) is 10.0 Å². The standard InChI is InChI=1S/C7H11N3O2S/c1-3-4-9-13(11,12)7-5-8-6(2)10-7/h3,5,9H,1,4H2,2H3,(H,8,10). The first kappa shape index (κ1) is 9.94. The third-order valence-corrected chi connectivity index (χ3v) is 2.72. The maximum atomic E-state index is 11.4. The van der Waals surface area contributed by atoms with Crippen LogP contribution in [0.5, 0.6) is 0 Å². The van der Waals surface area contributed by atoms with Crippen LogP contribution >= 0.6 is 0 Å². The van der Waals surface area contributed by atoms with E-state index < -0.39 is 10.0 Å². The first-order valence-electron chi connectivity index (χ1n) is 3.68. The zero-order valence-electron chi connectivity index (χ0n) is 7.24. The van der Waals surface area contributed by atoms with E-state index in [0.717, 1.165) is 0 Å². The number of hydrogen-bond donors (Lipinski definition) is 2. The first-order chi connectivity index (χ1) is 6.06. The molecule has 0 aliphatic rings. The fourth-order valence-corrected chi connectivity index (χ4v) is 1.75. The van der Waals surface area contributed by atoms with Gasteiger partial charge in [0.25, 0.3) is 10.0 Å². The van der Waals surface area contributed by atoms with Gasteiger partial charge in [-0.3, -0.25) is 0 Å². The summed E-state index contributed by atoms with van der Waals surface area (Å²) in [5.74, 6) is 0.568. The molecule has 0 radical (unpaired) electrons. The van der Waals surface area contributed by atoms with Crippen molar-refractivity contribution >= 4 is 10.0 Å². The van der Waals surface area contributed by atoms with Crippen LogP contribution in [0, 0.1) is 6.92 Å². The summed E-state index contributed by atoms with van der Waals surface area (Å²) in [6.07, 6.45) is 2.75. The summed E-state index contributed by atoms with van der Waals surface area (Å²) in [7, 11) is -3.44. The zero-order valence-corrected chi connectivity index (χ0v) is 8.06. The van der Waals surface area contributed by atoms with Crippen LogP contribution < -0.4 is 4.72 Å². The number of sulfonamides is 1. The van der Waals surface area contributed by atoms with Crippen LogP contribution in [0.15, 0.2) is 23.9 Å². The van der Waals surface area contributed by atoms with Crippen LogP contribution in [0.25, 0.3) is 0 Å². The molecule has 0 saturated carbocycles. The van der Waals surface area contributed by atoms with Gasteiger partial charge in [-0.25, -0.2) is 18.1 Å². The van der Waals surface area contributed by atoms with Crippen LogP contribution in [0.4, 0.5) is 0 Å². The Morgan fingerprint density at radius 2 is 2.46 bits per heavy atom. The van der Waals surface area contributed by atoms with Gasteiger partial charge in [-0.05, 0) is 6.92 Å². The van der Waals surface area contributed by atoms with Crippen molar-refractivity contribution in [3.63, 3.8) is 0 Å². The first-order valence-corrected chi connectivity index (χ1v) is 5.17. The van der Waals surface area contributed by atoms with E-state index in [1.54, 1.807) is 6.92 Å². The van der Waals surface area contributed by atoms with Gasteiger partial charge in [-0.1, -0.05) is 6.08 Å². The second-order valence-electron chi connectivity index (χ2n) is 2.47. The second-order valence-corrected chi connectivity index (χ2v) is 4.21. The van der Waals surface area contributed by atoms with E-state index in [4.69, 9.17) is 0 Å². The maximum Gasteiger partial charge on any atom is 0.257 e. The molecule has 5 nitrogen and oxygen atoms in total. The minimum Gasteiger partial charge on any atom is -0.332 e. The van der Waals surface area contributed by atoms with Crippen molar-refractivity contribution in [3.8, 4) is 0 Å². The summed E-state index contributed by atoms with van der Waals surface area (Å²) in [6, 6.07) is 0. The normalized spacial score (nSPS) is 11.5.